The SMILES string of the molecule is Cc1nc(C(F)(F)F)ccc1CBr. The van der Waals surface area contributed by atoms with E-state index in [-0.39, 0.29) is 0 Å². The van der Waals surface area contributed by atoms with Gasteiger partial charge >= 0.3 is 6.18 Å². The van der Waals surface area contributed by atoms with Gasteiger partial charge < -0.3 is 0 Å². The van der Waals surface area contributed by atoms with Crippen LogP contribution in [0.5, 0.6) is 0 Å². The molecule has 0 atom stereocenters. The standard InChI is InChI=1S/C8H7BrF3N/c1-5-6(4-9)2-3-7(13-5)8(10,11)12/h2-3H,4H2,1H3. The smallest absolute Gasteiger partial charge is 0.248 e. The van der Waals surface area contributed by atoms with Crippen LogP contribution in [0.3, 0.4) is 0 Å². The first-order valence-corrected chi connectivity index (χ1v) is 4.67. The van der Waals surface area contributed by atoms with Gasteiger partial charge in [0.05, 0.1) is 0 Å². The molecular weight excluding hydrogens is 247 g/mol. The topological polar surface area (TPSA) is 12.9 Å². The van der Waals surface area contributed by atoms with Crippen molar-refractivity contribution < 1.29 is 13.2 Å². The molecule has 1 rings (SSSR count). The molecule has 0 radical (unpaired) electrons. The first-order chi connectivity index (χ1) is 5.95. The van der Waals surface area contributed by atoms with Crippen molar-refractivity contribution in [3.63, 3.8) is 0 Å². The lowest BCUT2D eigenvalue weighted by Gasteiger charge is -2.07. The van der Waals surface area contributed by atoms with Gasteiger partial charge in [0.2, 0.25) is 0 Å². The van der Waals surface area contributed by atoms with Crippen LogP contribution in [0.2, 0.25) is 0 Å². The van der Waals surface area contributed by atoms with Crippen LogP contribution in [-0.2, 0) is 11.5 Å². The lowest BCUT2D eigenvalue weighted by atomic mass is 10.2. The fraction of sp³-hybridized carbons (Fsp3) is 0.375. The summed E-state index contributed by atoms with van der Waals surface area (Å²) in [5.41, 5.74) is 0.342. The molecule has 72 valence electrons. The van der Waals surface area contributed by atoms with Gasteiger partial charge in [0.25, 0.3) is 0 Å². The lowest BCUT2D eigenvalue weighted by molar-refractivity contribution is -0.141. The van der Waals surface area contributed by atoms with Crippen molar-refractivity contribution in [2.24, 2.45) is 0 Å². The summed E-state index contributed by atoms with van der Waals surface area (Å²) in [5.74, 6) is 0. The molecule has 0 bridgehead atoms. The van der Waals surface area contributed by atoms with Crippen LogP contribution >= 0.6 is 15.9 Å². The van der Waals surface area contributed by atoms with Crippen molar-refractivity contribution in [1.82, 2.24) is 4.98 Å². The van der Waals surface area contributed by atoms with E-state index in [1.165, 1.54) is 6.07 Å². The van der Waals surface area contributed by atoms with E-state index in [0.29, 0.717) is 11.0 Å². The summed E-state index contributed by atoms with van der Waals surface area (Å²) in [7, 11) is 0. The average molecular weight is 254 g/mol. The number of alkyl halides is 4. The first-order valence-electron chi connectivity index (χ1n) is 3.55. The third-order valence-electron chi connectivity index (χ3n) is 1.63. The Balaban J connectivity index is 3.10. The largest absolute Gasteiger partial charge is 0.433 e. The molecule has 0 N–H and O–H groups in total. The predicted molar refractivity (Wildman–Crippen MR) is 46.6 cm³/mol. The molecule has 1 aromatic rings. The van der Waals surface area contributed by atoms with Crippen molar-refractivity contribution in [1.29, 1.82) is 0 Å². The van der Waals surface area contributed by atoms with Crippen LogP contribution < -0.4 is 0 Å². The van der Waals surface area contributed by atoms with Crippen LogP contribution in [0.1, 0.15) is 17.0 Å². The molecule has 1 heterocycles. The number of rotatable bonds is 1. The van der Waals surface area contributed by atoms with E-state index >= 15 is 0 Å². The van der Waals surface area contributed by atoms with Gasteiger partial charge in [-0.15, -0.1) is 0 Å². The van der Waals surface area contributed by atoms with Crippen molar-refractivity contribution in [3.05, 3.63) is 29.1 Å². The number of hydrogen-bond acceptors (Lipinski definition) is 1. The quantitative estimate of drug-likeness (QED) is 0.700. The van der Waals surface area contributed by atoms with Crippen LogP contribution in [-0.4, -0.2) is 4.98 Å². The Morgan fingerprint density at radius 3 is 2.38 bits per heavy atom. The summed E-state index contributed by atoms with van der Waals surface area (Å²) in [5, 5.41) is 0.518. The van der Waals surface area contributed by atoms with E-state index in [9.17, 15) is 13.2 Å². The molecule has 0 aliphatic rings. The summed E-state index contributed by atoms with van der Waals surface area (Å²) in [6.07, 6.45) is -4.35. The van der Waals surface area contributed by atoms with Crippen LogP contribution in [0, 0.1) is 6.92 Å². The molecule has 1 nitrogen and oxygen atoms in total. The molecule has 0 saturated carbocycles. The molecule has 0 spiro atoms. The van der Waals surface area contributed by atoms with E-state index in [1.54, 1.807) is 6.92 Å². The second-order valence-electron chi connectivity index (χ2n) is 2.57. The van der Waals surface area contributed by atoms with Gasteiger partial charge in [0, 0.05) is 11.0 Å². The average Bonchev–Trinajstić information content (AvgIpc) is 2.02. The van der Waals surface area contributed by atoms with E-state index in [0.717, 1.165) is 11.6 Å². The molecule has 0 aliphatic carbocycles. The zero-order valence-electron chi connectivity index (χ0n) is 6.82. The van der Waals surface area contributed by atoms with E-state index < -0.39 is 11.9 Å². The van der Waals surface area contributed by atoms with E-state index in [4.69, 9.17) is 0 Å². The molecule has 5 heteroatoms. The number of aryl methyl sites for hydroxylation is 1. The van der Waals surface area contributed by atoms with Crippen molar-refractivity contribution in [2.45, 2.75) is 18.4 Å². The molecule has 0 unspecified atom stereocenters. The molecule has 0 fully saturated rings. The van der Waals surface area contributed by atoms with Crippen molar-refractivity contribution >= 4 is 15.9 Å². The predicted octanol–water partition coefficient (Wildman–Crippen LogP) is 3.30. The summed E-state index contributed by atoms with van der Waals surface area (Å²) < 4.78 is 36.4. The maximum atomic E-state index is 12.1. The van der Waals surface area contributed by atoms with Crippen molar-refractivity contribution in [3.8, 4) is 0 Å². The molecule has 13 heavy (non-hydrogen) atoms. The fourth-order valence-corrected chi connectivity index (χ4v) is 1.48. The fourth-order valence-electron chi connectivity index (χ4n) is 0.889. The minimum atomic E-state index is -4.35. The highest BCUT2D eigenvalue weighted by molar-refractivity contribution is 9.08. The molecule has 0 saturated heterocycles. The Morgan fingerprint density at radius 2 is 2.00 bits per heavy atom. The lowest BCUT2D eigenvalue weighted by Crippen LogP contribution is -2.09. The second kappa shape index (κ2) is 3.65. The van der Waals surface area contributed by atoms with E-state index in [2.05, 4.69) is 20.9 Å². The normalized spacial score (nSPS) is 11.8. The Morgan fingerprint density at radius 1 is 1.38 bits per heavy atom. The van der Waals surface area contributed by atoms with Crippen LogP contribution in [0.4, 0.5) is 13.2 Å². The van der Waals surface area contributed by atoms with Gasteiger partial charge in [0.15, 0.2) is 0 Å². The maximum absolute atomic E-state index is 12.1. The highest BCUT2D eigenvalue weighted by atomic mass is 79.9. The van der Waals surface area contributed by atoms with Crippen LogP contribution in [0.15, 0.2) is 12.1 Å². The zero-order valence-corrected chi connectivity index (χ0v) is 8.41. The molecule has 0 aromatic carbocycles. The van der Waals surface area contributed by atoms with Gasteiger partial charge in [-0.05, 0) is 18.6 Å². The molecule has 0 amide bonds. The summed E-state index contributed by atoms with van der Waals surface area (Å²) in [6, 6.07) is 2.42. The Hall–Kier alpha value is -0.580. The minimum Gasteiger partial charge on any atom is -0.248 e. The number of aromatic nitrogens is 1. The number of halogens is 4. The summed E-state index contributed by atoms with van der Waals surface area (Å²) >= 11 is 3.16. The monoisotopic (exact) mass is 253 g/mol. The van der Waals surface area contributed by atoms with Gasteiger partial charge in [-0.1, -0.05) is 22.0 Å². The Kier molecular flexibility index (Phi) is 2.95. The summed E-state index contributed by atoms with van der Waals surface area (Å²) in [4.78, 5) is 3.46. The highest BCUT2D eigenvalue weighted by Gasteiger charge is 2.32. The maximum Gasteiger partial charge on any atom is 0.433 e. The van der Waals surface area contributed by atoms with Gasteiger partial charge in [-0.2, -0.15) is 13.2 Å². The number of pyridine rings is 1. The first kappa shape index (κ1) is 10.5. The third-order valence-corrected chi connectivity index (χ3v) is 2.23. The Bertz CT molecular complexity index is 309. The molecule has 0 aliphatic heterocycles. The minimum absolute atomic E-state index is 0.409. The molecule has 1 aromatic heterocycles. The number of hydrogen-bond donors (Lipinski definition) is 0. The van der Waals surface area contributed by atoms with Crippen molar-refractivity contribution in [2.75, 3.05) is 0 Å². The van der Waals surface area contributed by atoms with Gasteiger partial charge in [0.1, 0.15) is 5.69 Å². The third kappa shape index (κ3) is 2.43. The molecular formula is C8H7BrF3N. The van der Waals surface area contributed by atoms with Gasteiger partial charge in [-0.3, -0.25) is 0 Å². The van der Waals surface area contributed by atoms with Crippen LogP contribution in [0.25, 0.3) is 0 Å². The summed E-state index contributed by atoms with van der Waals surface area (Å²) in [6.45, 7) is 1.56. The zero-order chi connectivity index (χ0) is 10.1. The second-order valence-corrected chi connectivity index (χ2v) is 3.13. The van der Waals surface area contributed by atoms with Gasteiger partial charge in [-0.25, -0.2) is 4.98 Å². The Labute approximate surface area is 82.1 Å². The van der Waals surface area contributed by atoms with E-state index in [1.807, 2.05) is 0 Å². The number of nitrogens with zero attached hydrogens (tertiary/aromatic N) is 1. The highest BCUT2D eigenvalue weighted by Crippen LogP contribution is 2.28.